The molecule has 7 nitrogen and oxygen atoms in total. The van der Waals surface area contributed by atoms with Crippen LogP contribution >= 0.6 is 0 Å². The number of hydrogen-bond acceptors (Lipinski definition) is 6. The number of aromatic amines is 1. The summed E-state index contributed by atoms with van der Waals surface area (Å²) >= 11 is 0. The highest BCUT2D eigenvalue weighted by molar-refractivity contribution is 6.20. The average molecular weight is 441 g/mol. The Morgan fingerprint density at radius 2 is 1.94 bits per heavy atom. The summed E-state index contributed by atoms with van der Waals surface area (Å²) in [5.74, 6) is -0.0789. The third-order valence-corrected chi connectivity index (χ3v) is 6.47. The van der Waals surface area contributed by atoms with Crippen LogP contribution in [0.3, 0.4) is 0 Å². The van der Waals surface area contributed by atoms with Crippen molar-refractivity contribution in [2.45, 2.75) is 45.0 Å². The number of aromatic nitrogens is 1. The second-order valence-electron chi connectivity index (χ2n) is 9.43. The van der Waals surface area contributed by atoms with Gasteiger partial charge in [-0.1, -0.05) is 19.9 Å². The van der Waals surface area contributed by atoms with Crippen LogP contribution in [0.15, 0.2) is 30.3 Å². The molecule has 1 atom stereocenters. The Hall–Kier alpha value is -3.65. The van der Waals surface area contributed by atoms with Gasteiger partial charge in [0.1, 0.15) is 30.6 Å². The molecule has 2 aliphatic rings. The number of benzene rings is 2. The number of carbonyl (C=O) groups is 1. The van der Waals surface area contributed by atoms with Crippen molar-refractivity contribution in [3.63, 3.8) is 0 Å². The fourth-order valence-electron chi connectivity index (χ4n) is 4.81. The molecule has 33 heavy (non-hydrogen) atoms. The van der Waals surface area contributed by atoms with Crippen molar-refractivity contribution in [1.29, 1.82) is 10.5 Å². The van der Waals surface area contributed by atoms with E-state index in [0.29, 0.717) is 41.0 Å². The third kappa shape index (κ3) is 3.21. The van der Waals surface area contributed by atoms with E-state index in [1.165, 1.54) is 0 Å². The van der Waals surface area contributed by atoms with Crippen molar-refractivity contribution in [3.8, 4) is 17.9 Å². The zero-order valence-electron chi connectivity index (χ0n) is 18.9. The molecule has 1 aliphatic carbocycles. The number of nitrogens with zero attached hydrogens (tertiary/aromatic N) is 2. The molecule has 0 unspecified atom stereocenters. The van der Waals surface area contributed by atoms with E-state index in [1.54, 1.807) is 24.3 Å². The van der Waals surface area contributed by atoms with Crippen LogP contribution in [0.5, 0.6) is 5.75 Å². The smallest absolute Gasteiger partial charge is 0.195 e. The van der Waals surface area contributed by atoms with Crippen LogP contribution < -0.4 is 4.74 Å². The normalized spacial score (nSPS) is 20.1. The summed E-state index contributed by atoms with van der Waals surface area (Å²) in [6.07, 6.45) is -0.162. The summed E-state index contributed by atoms with van der Waals surface area (Å²) in [5.41, 5.74) is 3.23. The molecule has 1 saturated heterocycles. The first-order valence-corrected chi connectivity index (χ1v) is 10.8. The highest BCUT2D eigenvalue weighted by atomic mass is 16.7. The Kier molecular flexibility index (Phi) is 4.61. The third-order valence-electron chi connectivity index (χ3n) is 6.47. The lowest BCUT2D eigenvalue weighted by Crippen LogP contribution is -2.30. The van der Waals surface area contributed by atoms with Gasteiger partial charge in [0.2, 0.25) is 0 Å². The minimum absolute atomic E-state index is 0.111. The van der Waals surface area contributed by atoms with Gasteiger partial charge in [-0.2, -0.15) is 10.5 Å². The Morgan fingerprint density at radius 1 is 1.15 bits per heavy atom. The van der Waals surface area contributed by atoms with Crippen molar-refractivity contribution in [2.24, 2.45) is 0 Å². The minimum atomic E-state index is -0.613. The second-order valence-corrected chi connectivity index (χ2v) is 9.43. The van der Waals surface area contributed by atoms with E-state index < -0.39 is 11.2 Å². The Balaban J connectivity index is 1.55. The summed E-state index contributed by atoms with van der Waals surface area (Å²) in [6, 6.07) is 13.0. The van der Waals surface area contributed by atoms with Gasteiger partial charge in [-0.25, -0.2) is 0 Å². The van der Waals surface area contributed by atoms with E-state index in [1.807, 2.05) is 33.8 Å². The lowest BCUT2D eigenvalue weighted by molar-refractivity contribution is -0.141. The highest BCUT2D eigenvalue weighted by Crippen LogP contribution is 2.45. The van der Waals surface area contributed by atoms with E-state index in [-0.39, 0.29) is 23.0 Å². The Bertz CT molecular complexity index is 1400. The van der Waals surface area contributed by atoms with E-state index in [4.69, 9.17) is 14.2 Å². The summed E-state index contributed by atoms with van der Waals surface area (Å²) in [5, 5.41) is 19.7. The molecule has 2 heterocycles. The van der Waals surface area contributed by atoms with Gasteiger partial charge in [0.25, 0.3) is 0 Å². The molecule has 0 saturated carbocycles. The number of ketones is 1. The first kappa shape index (κ1) is 21.2. The van der Waals surface area contributed by atoms with Crippen LogP contribution in [-0.4, -0.2) is 35.9 Å². The lowest BCUT2D eigenvalue weighted by Gasteiger charge is -2.32. The van der Waals surface area contributed by atoms with Gasteiger partial charge in [-0.15, -0.1) is 0 Å². The first-order chi connectivity index (χ1) is 15.7. The van der Waals surface area contributed by atoms with Crippen LogP contribution in [-0.2, 0) is 14.9 Å². The van der Waals surface area contributed by atoms with Gasteiger partial charge in [0.05, 0.1) is 28.8 Å². The number of nitrogens with one attached hydrogen (secondary N) is 1. The molecule has 1 fully saturated rings. The molecule has 1 aliphatic heterocycles. The van der Waals surface area contributed by atoms with Gasteiger partial charge >= 0.3 is 0 Å². The zero-order chi connectivity index (χ0) is 23.5. The standard InChI is InChI=1S/C26H23N3O4/c1-25(2)20-9-15(31-12-16-13-32-26(3,4)33-16)6-8-17(20)23(30)21-18-7-5-14(10-27)19(11-28)22(18)29-24(21)25/h5-9,16,29H,12-13H2,1-4H3/t16-/m0/s1. The summed E-state index contributed by atoms with van der Waals surface area (Å²) in [4.78, 5) is 16.8. The molecular weight excluding hydrogens is 418 g/mol. The number of hydrogen-bond donors (Lipinski definition) is 1. The monoisotopic (exact) mass is 441 g/mol. The largest absolute Gasteiger partial charge is 0.491 e. The average Bonchev–Trinajstić information content (AvgIpc) is 3.35. The molecular formula is C26H23N3O4. The predicted octanol–water partition coefficient (Wildman–Crippen LogP) is 4.31. The van der Waals surface area contributed by atoms with Crippen molar-refractivity contribution < 1.29 is 19.0 Å². The van der Waals surface area contributed by atoms with Crippen molar-refractivity contribution in [1.82, 2.24) is 4.98 Å². The Morgan fingerprint density at radius 3 is 2.61 bits per heavy atom. The van der Waals surface area contributed by atoms with Crippen LogP contribution in [0.2, 0.25) is 0 Å². The molecule has 0 spiro atoms. The fraction of sp³-hybridized carbons (Fsp3) is 0.346. The molecule has 7 heteroatoms. The molecule has 2 aromatic carbocycles. The summed E-state index contributed by atoms with van der Waals surface area (Å²) in [6.45, 7) is 8.61. The molecule has 1 aromatic heterocycles. The molecule has 0 radical (unpaired) electrons. The Labute approximate surface area is 191 Å². The van der Waals surface area contributed by atoms with Crippen molar-refractivity contribution >= 4 is 16.7 Å². The van der Waals surface area contributed by atoms with E-state index >= 15 is 0 Å². The quantitative estimate of drug-likeness (QED) is 0.649. The van der Waals surface area contributed by atoms with Crippen molar-refractivity contribution in [3.05, 3.63) is 63.8 Å². The van der Waals surface area contributed by atoms with Gasteiger partial charge in [0.15, 0.2) is 11.6 Å². The van der Waals surface area contributed by atoms with E-state index in [9.17, 15) is 15.3 Å². The molecule has 0 bridgehead atoms. The molecule has 1 N–H and O–H groups in total. The maximum Gasteiger partial charge on any atom is 0.195 e. The summed E-state index contributed by atoms with van der Waals surface area (Å²) < 4.78 is 17.4. The fourth-order valence-corrected chi connectivity index (χ4v) is 4.81. The van der Waals surface area contributed by atoms with Gasteiger partial charge in [-0.05, 0) is 43.7 Å². The van der Waals surface area contributed by atoms with Gasteiger partial charge in [0, 0.05) is 22.1 Å². The SMILES string of the molecule is CC1(C)OC[C@H](COc2ccc3c(c2)C(C)(C)c2[nH]c4c(C#N)c(C#N)ccc4c2C3=O)O1. The van der Waals surface area contributed by atoms with Gasteiger partial charge in [-0.3, -0.25) is 4.79 Å². The minimum Gasteiger partial charge on any atom is -0.491 e. The van der Waals surface area contributed by atoms with Crippen LogP contribution in [0.1, 0.15) is 66.0 Å². The summed E-state index contributed by atoms with van der Waals surface area (Å²) in [7, 11) is 0. The van der Waals surface area contributed by atoms with Crippen LogP contribution in [0, 0.1) is 22.7 Å². The maximum absolute atomic E-state index is 13.5. The van der Waals surface area contributed by atoms with E-state index in [0.717, 1.165) is 11.3 Å². The maximum atomic E-state index is 13.5. The number of H-pyrrole nitrogens is 1. The second kappa shape index (κ2) is 7.18. The number of fused-ring (bicyclic) bond motifs is 4. The number of nitriles is 2. The number of rotatable bonds is 3. The van der Waals surface area contributed by atoms with E-state index in [2.05, 4.69) is 17.1 Å². The van der Waals surface area contributed by atoms with Gasteiger partial charge < -0.3 is 19.2 Å². The molecule has 3 aromatic rings. The van der Waals surface area contributed by atoms with Crippen LogP contribution in [0.4, 0.5) is 0 Å². The lowest BCUT2D eigenvalue weighted by atomic mass is 9.71. The molecule has 5 rings (SSSR count). The molecule has 0 amide bonds. The number of ether oxygens (including phenoxy) is 3. The zero-order valence-corrected chi connectivity index (χ0v) is 18.9. The first-order valence-electron chi connectivity index (χ1n) is 10.8. The van der Waals surface area contributed by atoms with Crippen molar-refractivity contribution in [2.75, 3.05) is 13.2 Å². The topological polar surface area (TPSA) is 108 Å². The predicted molar refractivity (Wildman–Crippen MR) is 120 cm³/mol. The number of carbonyl (C=O) groups excluding carboxylic acids is 1. The van der Waals surface area contributed by atoms with Crippen LogP contribution in [0.25, 0.3) is 10.9 Å². The highest BCUT2D eigenvalue weighted by Gasteiger charge is 2.40. The molecule has 166 valence electrons.